The van der Waals surface area contributed by atoms with E-state index in [2.05, 4.69) is 15.3 Å². The second-order valence-corrected chi connectivity index (χ2v) is 15.3. The number of nitrogens with one attached hydrogen (secondary N) is 1. The van der Waals surface area contributed by atoms with E-state index in [4.69, 9.17) is 26.8 Å². The van der Waals surface area contributed by atoms with Crippen LogP contribution >= 0.6 is 11.6 Å². The Bertz CT molecular complexity index is 1080. The summed E-state index contributed by atoms with van der Waals surface area (Å²) in [5.74, 6) is 2.97. The molecule has 3 aliphatic rings. The number of anilines is 2. The van der Waals surface area contributed by atoms with Crippen LogP contribution in [0.25, 0.3) is 0 Å². The Morgan fingerprint density at radius 3 is 2.16 bits per heavy atom. The highest BCUT2D eigenvalue weighted by Crippen LogP contribution is 2.47. The van der Waals surface area contributed by atoms with Gasteiger partial charge in [0.15, 0.2) is 0 Å². The van der Waals surface area contributed by atoms with Crippen LogP contribution in [-0.4, -0.2) is 75.4 Å². The molecule has 3 N–H and O–H groups in total. The third kappa shape index (κ3) is 10.3. The molecule has 242 valence electrons. The Balaban J connectivity index is 1.32. The molecule has 11 heteroatoms. The predicted molar refractivity (Wildman–Crippen MR) is 170 cm³/mol. The second kappa shape index (κ2) is 14.1. The molecular formula is C32H53ClN6O4. The monoisotopic (exact) mass is 620 g/mol. The van der Waals surface area contributed by atoms with E-state index in [1.807, 2.05) is 51.3 Å². The van der Waals surface area contributed by atoms with E-state index in [0.29, 0.717) is 60.7 Å². The van der Waals surface area contributed by atoms with Gasteiger partial charge in [-0.25, -0.2) is 14.6 Å². The van der Waals surface area contributed by atoms with Gasteiger partial charge in [0, 0.05) is 38.3 Å². The number of carbonyl (C=O) groups is 2. The van der Waals surface area contributed by atoms with Crippen LogP contribution in [0.1, 0.15) is 99.3 Å². The predicted octanol–water partition coefficient (Wildman–Crippen LogP) is 6.98. The average Bonchev–Trinajstić information content (AvgIpc) is 3.51. The van der Waals surface area contributed by atoms with Crippen LogP contribution in [0.2, 0.25) is 5.15 Å². The van der Waals surface area contributed by atoms with Gasteiger partial charge in [-0.3, -0.25) is 0 Å². The number of aromatic nitrogens is 2. The summed E-state index contributed by atoms with van der Waals surface area (Å²) in [4.78, 5) is 38.9. The lowest BCUT2D eigenvalue weighted by molar-refractivity contribution is 0.00711. The van der Waals surface area contributed by atoms with Gasteiger partial charge in [0.05, 0.1) is 0 Å². The molecule has 1 aromatic heterocycles. The van der Waals surface area contributed by atoms with Gasteiger partial charge in [-0.15, -0.1) is 0 Å². The highest BCUT2D eigenvalue weighted by molar-refractivity contribution is 6.29. The van der Waals surface area contributed by atoms with Crippen molar-refractivity contribution in [1.82, 2.24) is 19.8 Å². The Morgan fingerprint density at radius 1 is 0.930 bits per heavy atom. The first-order valence-electron chi connectivity index (χ1n) is 16.2. The lowest BCUT2D eigenvalue weighted by Gasteiger charge is -2.37. The van der Waals surface area contributed by atoms with E-state index >= 15 is 0 Å². The summed E-state index contributed by atoms with van der Waals surface area (Å²) < 4.78 is 11.7. The lowest BCUT2D eigenvalue weighted by atomic mass is 9.81. The van der Waals surface area contributed by atoms with Crippen molar-refractivity contribution in [1.29, 1.82) is 0 Å². The van der Waals surface area contributed by atoms with Crippen molar-refractivity contribution in [2.24, 2.45) is 23.7 Å². The fourth-order valence-electron chi connectivity index (χ4n) is 7.00. The maximum Gasteiger partial charge on any atom is 0.410 e. The van der Waals surface area contributed by atoms with Gasteiger partial charge in [0.25, 0.3) is 0 Å². The van der Waals surface area contributed by atoms with Gasteiger partial charge < -0.3 is 30.3 Å². The maximum absolute atomic E-state index is 13.3. The quantitative estimate of drug-likeness (QED) is 0.268. The van der Waals surface area contributed by atoms with Gasteiger partial charge in [0.1, 0.15) is 22.2 Å². The molecule has 1 aromatic rings. The summed E-state index contributed by atoms with van der Waals surface area (Å²) in [5, 5.41) is 3.60. The number of hydrogen-bond donors (Lipinski definition) is 2. The molecule has 0 unspecified atom stereocenters. The minimum Gasteiger partial charge on any atom is -0.444 e. The number of amides is 2. The first-order chi connectivity index (χ1) is 20.1. The number of rotatable bonds is 10. The van der Waals surface area contributed by atoms with E-state index in [9.17, 15) is 9.59 Å². The smallest absolute Gasteiger partial charge is 0.410 e. The van der Waals surface area contributed by atoms with E-state index in [-0.39, 0.29) is 18.2 Å². The summed E-state index contributed by atoms with van der Waals surface area (Å²) in [6.07, 6.45) is 9.07. The topological polar surface area (TPSA) is 123 Å². The van der Waals surface area contributed by atoms with Crippen molar-refractivity contribution in [3.05, 3.63) is 11.2 Å². The van der Waals surface area contributed by atoms with Gasteiger partial charge in [-0.05, 0) is 117 Å². The van der Waals surface area contributed by atoms with Crippen LogP contribution in [0.15, 0.2) is 6.07 Å². The molecule has 10 nitrogen and oxygen atoms in total. The summed E-state index contributed by atoms with van der Waals surface area (Å²) >= 11 is 6.01. The summed E-state index contributed by atoms with van der Waals surface area (Å²) in [6.45, 7) is 14.0. The van der Waals surface area contributed by atoms with E-state index < -0.39 is 11.2 Å². The fraction of sp³-hybridized carbons (Fsp3) is 0.812. The van der Waals surface area contributed by atoms with Gasteiger partial charge in [0.2, 0.25) is 5.95 Å². The molecule has 1 heterocycles. The minimum absolute atomic E-state index is 0.230. The normalized spacial score (nSPS) is 25.3. The Kier molecular flexibility index (Phi) is 10.9. The molecule has 2 bridgehead atoms. The standard InChI is InChI=1S/C32H53ClN6O4/c1-31(2,3)42-29(40)38(20-22-10-8-21(9-11-22)19-35-28-36-26(33)18-27(34)37-28)14-7-15-39(30(41)43-32(4,5)6)25-17-23-12-13-24(25)16-23/h18,21-25H,7-17,19-20H2,1-6H3,(H3,34,35,36,37)/t21?,22?,23-,24+,25+/m1/s1. The Hall–Kier alpha value is -2.49. The van der Waals surface area contributed by atoms with Crippen LogP contribution in [0.5, 0.6) is 0 Å². The first kappa shape index (κ1) is 33.4. The van der Waals surface area contributed by atoms with Crippen molar-refractivity contribution >= 4 is 35.6 Å². The Labute approximate surface area is 262 Å². The van der Waals surface area contributed by atoms with Crippen molar-refractivity contribution in [3.63, 3.8) is 0 Å². The molecule has 0 aromatic carbocycles. The van der Waals surface area contributed by atoms with Crippen LogP contribution in [0.3, 0.4) is 0 Å². The number of halogens is 1. The Morgan fingerprint density at radius 2 is 1.58 bits per heavy atom. The van der Waals surface area contributed by atoms with E-state index in [0.717, 1.165) is 44.6 Å². The van der Waals surface area contributed by atoms with Crippen molar-refractivity contribution in [2.45, 2.75) is 117 Å². The van der Waals surface area contributed by atoms with Gasteiger partial charge in [-0.1, -0.05) is 18.0 Å². The van der Waals surface area contributed by atoms with Crippen LogP contribution in [0, 0.1) is 23.7 Å². The molecule has 3 saturated carbocycles. The second-order valence-electron chi connectivity index (χ2n) is 14.9. The van der Waals surface area contributed by atoms with Crippen molar-refractivity contribution < 1.29 is 19.1 Å². The molecule has 0 spiro atoms. The fourth-order valence-corrected chi connectivity index (χ4v) is 7.19. The molecule has 0 saturated heterocycles. The zero-order valence-electron chi connectivity index (χ0n) is 27.0. The van der Waals surface area contributed by atoms with Crippen molar-refractivity contribution in [3.8, 4) is 0 Å². The number of hydrogen-bond acceptors (Lipinski definition) is 8. The van der Waals surface area contributed by atoms with Gasteiger partial charge >= 0.3 is 12.2 Å². The zero-order chi connectivity index (χ0) is 31.4. The third-order valence-corrected chi connectivity index (χ3v) is 9.11. The highest BCUT2D eigenvalue weighted by atomic mass is 35.5. The van der Waals surface area contributed by atoms with Crippen LogP contribution in [0.4, 0.5) is 21.4 Å². The lowest BCUT2D eigenvalue weighted by Crippen LogP contribution is -2.47. The number of nitrogen functional groups attached to an aromatic ring is 1. The molecule has 3 aliphatic carbocycles. The SMILES string of the molecule is CC(C)(C)OC(=O)N(CCCN(C(=O)OC(C)(C)C)[C@H]1C[C@@H]2CC[C@H]1C2)CC1CCC(CNc2nc(N)cc(Cl)n2)CC1. The minimum atomic E-state index is -0.573. The number of fused-ring (bicyclic) bond motifs is 2. The largest absolute Gasteiger partial charge is 0.444 e. The zero-order valence-corrected chi connectivity index (χ0v) is 27.8. The van der Waals surface area contributed by atoms with Gasteiger partial charge in [-0.2, -0.15) is 4.98 Å². The molecular weight excluding hydrogens is 568 g/mol. The molecule has 4 rings (SSSR count). The first-order valence-corrected chi connectivity index (χ1v) is 16.5. The van der Waals surface area contributed by atoms with Crippen molar-refractivity contribution in [2.75, 3.05) is 37.2 Å². The van der Waals surface area contributed by atoms with Crippen LogP contribution in [-0.2, 0) is 9.47 Å². The summed E-state index contributed by atoms with van der Waals surface area (Å²) in [6, 6.07) is 1.77. The third-order valence-electron chi connectivity index (χ3n) is 8.92. The van der Waals surface area contributed by atoms with E-state index in [1.54, 1.807) is 0 Å². The number of carbonyl (C=O) groups excluding carboxylic acids is 2. The molecule has 3 atom stereocenters. The highest BCUT2D eigenvalue weighted by Gasteiger charge is 2.44. The molecule has 43 heavy (non-hydrogen) atoms. The maximum atomic E-state index is 13.3. The number of nitrogens with zero attached hydrogens (tertiary/aromatic N) is 4. The van der Waals surface area contributed by atoms with Crippen LogP contribution < -0.4 is 11.1 Å². The summed E-state index contributed by atoms with van der Waals surface area (Å²) in [5.41, 5.74) is 4.67. The average molecular weight is 621 g/mol. The molecule has 3 fully saturated rings. The molecule has 0 aliphatic heterocycles. The van der Waals surface area contributed by atoms with E-state index in [1.165, 1.54) is 25.3 Å². The number of nitrogens with two attached hydrogens (primary N) is 1. The molecule has 2 amide bonds. The summed E-state index contributed by atoms with van der Waals surface area (Å²) in [7, 11) is 0. The molecule has 0 radical (unpaired) electrons. The number of ether oxygens (including phenoxy) is 2.